The summed E-state index contributed by atoms with van der Waals surface area (Å²) in [7, 11) is 1.62. The van der Waals surface area contributed by atoms with Crippen LogP contribution in [-0.4, -0.2) is 26.1 Å². The molecule has 1 atom stereocenters. The van der Waals surface area contributed by atoms with Crippen LogP contribution in [0, 0.1) is 0 Å². The Morgan fingerprint density at radius 2 is 2.24 bits per heavy atom. The van der Waals surface area contributed by atoms with E-state index in [9.17, 15) is 4.79 Å². The lowest BCUT2D eigenvalue weighted by atomic mass is 9.94. The van der Waals surface area contributed by atoms with Crippen LogP contribution in [0.4, 0.5) is 0 Å². The number of nitrogens with two attached hydrogens (primary N) is 1. The predicted octanol–water partition coefficient (Wildman–Crippen LogP) is 1.26. The van der Waals surface area contributed by atoms with Crippen LogP contribution in [0.2, 0.25) is 0 Å². The second-order valence-corrected chi connectivity index (χ2v) is 4.08. The third-order valence-electron chi connectivity index (χ3n) is 2.91. The van der Waals surface area contributed by atoms with Gasteiger partial charge in [-0.25, -0.2) is 0 Å². The average molecular weight is 236 g/mol. The molecule has 17 heavy (non-hydrogen) atoms. The van der Waals surface area contributed by atoms with E-state index < -0.39 is 5.60 Å². The molecule has 0 saturated carbocycles. The molecule has 0 radical (unpaired) electrons. The van der Waals surface area contributed by atoms with E-state index in [0.717, 1.165) is 5.56 Å². The molecule has 0 fully saturated rings. The highest BCUT2D eigenvalue weighted by Crippen LogP contribution is 2.23. The number of rotatable bonds is 5. The molecule has 0 spiro atoms. The zero-order valence-electron chi connectivity index (χ0n) is 10.6. The summed E-state index contributed by atoms with van der Waals surface area (Å²) in [6.45, 7) is 4.77. The predicted molar refractivity (Wildman–Crippen MR) is 67.9 cm³/mol. The summed E-state index contributed by atoms with van der Waals surface area (Å²) in [5.41, 5.74) is 6.69. The first-order valence-corrected chi connectivity index (χ1v) is 5.71. The second kappa shape index (κ2) is 5.80. The van der Waals surface area contributed by atoms with Crippen LogP contribution < -0.4 is 11.1 Å². The lowest BCUT2D eigenvalue weighted by Gasteiger charge is -2.27. The van der Waals surface area contributed by atoms with E-state index in [4.69, 9.17) is 10.5 Å². The summed E-state index contributed by atoms with van der Waals surface area (Å²) in [6.07, 6.45) is 0. The molecule has 0 aliphatic heterocycles. The highest BCUT2D eigenvalue weighted by atomic mass is 16.5. The fourth-order valence-corrected chi connectivity index (χ4v) is 1.57. The molecule has 1 aromatic carbocycles. The molecule has 1 aromatic rings. The van der Waals surface area contributed by atoms with E-state index in [2.05, 4.69) is 5.32 Å². The van der Waals surface area contributed by atoms with E-state index in [1.807, 2.05) is 32.0 Å². The van der Waals surface area contributed by atoms with Crippen LogP contribution in [0.5, 0.6) is 0 Å². The maximum Gasteiger partial charge on any atom is 0.251 e. The Balaban J connectivity index is 3.04. The average Bonchev–Trinajstić information content (AvgIpc) is 2.38. The molecule has 1 amide bonds. The molecule has 0 aliphatic rings. The molecular formula is C13H20N2O2. The van der Waals surface area contributed by atoms with Gasteiger partial charge in [-0.05, 0) is 31.5 Å². The van der Waals surface area contributed by atoms with Crippen LogP contribution in [-0.2, 0) is 10.3 Å². The second-order valence-electron chi connectivity index (χ2n) is 4.08. The van der Waals surface area contributed by atoms with Crippen molar-refractivity contribution in [3.8, 4) is 0 Å². The number of amides is 1. The number of hydrogen-bond acceptors (Lipinski definition) is 3. The molecule has 3 N–H and O–H groups in total. The molecule has 0 aliphatic carbocycles. The van der Waals surface area contributed by atoms with Crippen LogP contribution in [0.25, 0.3) is 0 Å². The van der Waals surface area contributed by atoms with Gasteiger partial charge in [-0.3, -0.25) is 4.79 Å². The summed E-state index contributed by atoms with van der Waals surface area (Å²) >= 11 is 0. The minimum atomic E-state index is -0.553. The van der Waals surface area contributed by atoms with E-state index in [1.165, 1.54) is 0 Å². The lowest BCUT2D eigenvalue weighted by Crippen LogP contribution is -2.34. The minimum Gasteiger partial charge on any atom is -0.372 e. The van der Waals surface area contributed by atoms with Gasteiger partial charge in [0.2, 0.25) is 0 Å². The van der Waals surface area contributed by atoms with E-state index in [0.29, 0.717) is 18.7 Å². The Labute approximate surface area is 102 Å². The Bertz CT molecular complexity index is 387. The SMILES string of the molecule is CCNC(=O)c1cccc(C(C)(CN)OC)c1. The van der Waals surface area contributed by atoms with Crippen molar-refractivity contribution in [3.05, 3.63) is 35.4 Å². The molecule has 94 valence electrons. The van der Waals surface area contributed by atoms with Crippen molar-refractivity contribution in [2.45, 2.75) is 19.4 Å². The third-order valence-corrected chi connectivity index (χ3v) is 2.91. The fourth-order valence-electron chi connectivity index (χ4n) is 1.57. The van der Waals surface area contributed by atoms with Crippen molar-refractivity contribution in [3.63, 3.8) is 0 Å². The molecular weight excluding hydrogens is 216 g/mol. The maximum absolute atomic E-state index is 11.7. The van der Waals surface area contributed by atoms with Crippen LogP contribution in [0.15, 0.2) is 24.3 Å². The number of benzene rings is 1. The quantitative estimate of drug-likeness (QED) is 0.809. The van der Waals surface area contributed by atoms with Crippen molar-refractivity contribution < 1.29 is 9.53 Å². The van der Waals surface area contributed by atoms with Gasteiger partial charge in [0, 0.05) is 25.8 Å². The molecule has 0 aromatic heterocycles. The highest BCUT2D eigenvalue weighted by molar-refractivity contribution is 5.94. The number of hydrogen-bond donors (Lipinski definition) is 2. The maximum atomic E-state index is 11.7. The number of ether oxygens (including phenoxy) is 1. The summed E-state index contributed by atoms with van der Waals surface area (Å²) in [5.74, 6) is -0.0789. The van der Waals surface area contributed by atoms with Crippen LogP contribution in [0.1, 0.15) is 29.8 Å². The van der Waals surface area contributed by atoms with Gasteiger partial charge in [0.05, 0.1) is 0 Å². The zero-order valence-corrected chi connectivity index (χ0v) is 10.6. The van der Waals surface area contributed by atoms with Crippen molar-refractivity contribution >= 4 is 5.91 Å². The minimum absolute atomic E-state index is 0.0789. The van der Waals surface area contributed by atoms with Gasteiger partial charge in [0.25, 0.3) is 5.91 Å². The lowest BCUT2D eigenvalue weighted by molar-refractivity contribution is 0.0100. The number of methoxy groups -OCH3 is 1. The van der Waals surface area contributed by atoms with Gasteiger partial charge in [-0.15, -0.1) is 0 Å². The fraction of sp³-hybridized carbons (Fsp3) is 0.462. The highest BCUT2D eigenvalue weighted by Gasteiger charge is 2.24. The van der Waals surface area contributed by atoms with Crippen molar-refractivity contribution in [1.29, 1.82) is 0 Å². The number of carbonyl (C=O) groups excluding carboxylic acids is 1. The van der Waals surface area contributed by atoms with Gasteiger partial charge in [0.15, 0.2) is 0 Å². The first-order chi connectivity index (χ1) is 8.07. The van der Waals surface area contributed by atoms with Gasteiger partial charge >= 0.3 is 0 Å². The summed E-state index contributed by atoms with van der Waals surface area (Å²) in [4.78, 5) is 11.7. The van der Waals surface area contributed by atoms with Gasteiger partial charge in [0.1, 0.15) is 5.60 Å². The van der Waals surface area contributed by atoms with E-state index in [-0.39, 0.29) is 5.91 Å². The normalized spacial score (nSPS) is 14.1. The Morgan fingerprint density at radius 1 is 1.53 bits per heavy atom. The largest absolute Gasteiger partial charge is 0.372 e. The Morgan fingerprint density at radius 3 is 2.76 bits per heavy atom. The van der Waals surface area contributed by atoms with Crippen LogP contribution in [0.3, 0.4) is 0 Å². The van der Waals surface area contributed by atoms with Gasteiger partial charge in [-0.2, -0.15) is 0 Å². The topological polar surface area (TPSA) is 64.4 Å². The molecule has 4 heteroatoms. The van der Waals surface area contributed by atoms with Crippen molar-refractivity contribution in [1.82, 2.24) is 5.32 Å². The standard InChI is InChI=1S/C13H20N2O2/c1-4-15-12(16)10-6-5-7-11(8-10)13(2,9-14)17-3/h5-8H,4,9,14H2,1-3H3,(H,15,16). The summed E-state index contributed by atoms with van der Waals surface area (Å²) < 4.78 is 5.41. The molecule has 0 heterocycles. The van der Waals surface area contributed by atoms with Gasteiger partial charge in [-0.1, -0.05) is 12.1 Å². The van der Waals surface area contributed by atoms with E-state index >= 15 is 0 Å². The molecule has 1 rings (SSSR count). The molecule has 0 bridgehead atoms. The van der Waals surface area contributed by atoms with Gasteiger partial charge < -0.3 is 15.8 Å². The molecule has 4 nitrogen and oxygen atoms in total. The number of nitrogens with one attached hydrogen (secondary N) is 1. The van der Waals surface area contributed by atoms with Crippen molar-refractivity contribution in [2.24, 2.45) is 5.73 Å². The molecule has 1 unspecified atom stereocenters. The molecule has 0 saturated heterocycles. The van der Waals surface area contributed by atoms with Crippen molar-refractivity contribution in [2.75, 3.05) is 20.2 Å². The Hall–Kier alpha value is -1.39. The van der Waals surface area contributed by atoms with E-state index in [1.54, 1.807) is 13.2 Å². The summed E-state index contributed by atoms with van der Waals surface area (Å²) in [5, 5.41) is 2.77. The monoisotopic (exact) mass is 236 g/mol. The smallest absolute Gasteiger partial charge is 0.251 e. The van der Waals surface area contributed by atoms with Crippen LogP contribution >= 0.6 is 0 Å². The zero-order chi connectivity index (χ0) is 12.9. The Kier molecular flexibility index (Phi) is 4.66. The number of carbonyl (C=O) groups is 1. The third kappa shape index (κ3) is 3.05. The first kappa shape index (κ1) is 13.7. The first-order valence-electron chi connectivity index (χ1n) is 5.71. The summed E-state index contributed by atoms with van der Waals surface area (Å²) in [6, 6.07) is 7.36.